The number of para-hydroxylation sites is 1. The van der Waals surface area contributed by atoms with Gasteiger partial charge in [0.15, 0.2) is 9.84 Å². The summed E-state index contributed by atoms with van der Waals surface area (Å²) < 4.78 is 22.7. The lowest BCUT2D eigenvalue weighted by molar-refractivity contribution is 0.551. The molecule has 1 N–H and O–H groups in total. The Morgan fingerprint density at radius 1 is 1.28 bits per heavy atom. The van der Waals surface area contributed by atoms with Gasteiger partial charge in [0.1, 0.15) is 4.71 Å². The summed E-state index contributed by atoms with van der Waals surface area (Å²) in [6, 6.07) is 9.76. The number of sulfone groups is 1. The minimum atomic E-state index is -3.19. The number of rotatable bonds is 7. The molecule has 0 aliphatic rings. The van der Waals surface area contributed by atoms with Crippen LogP contribution in [-0.2, 0) is 9.84 Å². The molecule has 0 heterocycles. The number of alkyl halides is 1. The quantitative estimate of drug-likeness (QED) is 0.785. The van der Waals surface area contributed by atoms with Gasteiger partial charge in [0.05, 0.1) is 5.75 Å². The summed E-state index contributed by atoms with van der Waals surface area (Å²) >= 11 is 5.68. The van der Waals surface area contributed by atoms with Crippen molar-refractivity contribution in [2.75, 3.05) is 17.6 Å². The van der Waals surface area contributed by atoms with Gasteiger partial charge in [-0.1, -0.05) is 31.5 Å². The first-order valence-corrected chi connectivity index (χ1v) is 8.25. The number of benzene rings is 1. The minimum absolute atomic E-state index is 0.0800. The van der Waals surface area contributed by atoms with E-state index in [1.54, 1.807) is 0 Å². The van der Waals surface area contributed by atoms with Crippen LogP contribution in [0.1, 0.15) is 20.3 Å². The molecule has 0 radical (unpaired) electrons. The Labute approximate surface area is 114 Å². The van der Waals surface area contributed by atoms with E-state index in [9.17, 15) is 8.42 Å². The van der Waals surface area contributed by atoms with Crippen molar-refractivity contribution in [3.63, 3.8) is 0 Å². The normalized spacial score (nSPS) is 15.1. The largest absolute Gasteiger partial charge is 0.385 e. The van der Waals surface area contributed by atoms with Crippen LogP contribution in [-0.4, -0.2) is 25.4 Å². The van der Waals surface area contributed by atoms with E-state index in [-0.39, 0.29) is 11.7 Å². The first-order valence-electron chi connectivity index (χ1n) is 6.10. The molecule has 0 fully saturated rings. The Morgan fingerprint density at radius 3 is 2.39 bits per heavy atom. The predicted molar refractivity (Wildman–Crippen MR) is 77.8 cm³/mol. The van der Waals surface area contributed by atoms with Gasteiger partial charge in [-0.15, -0.1) is 11.6 Å². The van der Waals surface area contributed by atoms with Crippen molar-refractivity contribution in [1.82, 2.24) is 0 Å². The molecule has 0 spiro atoms. The number of nitrogens with one attached hydrogen (secondary N) is 1. The lowest BCUT2D eigenvalue weighted by atomic mass is 10.1. The molecule has 0 bridgehead atoms. The molecule has 2 atom stereocenters. The van der Waals surface area contributed by atoms with Crippen LogP contribution < -0.4 is 5.32 Å². The Hall–Kier alpha value is -0.740. The highest BCUT2D eigenvalue weighted by Crippen LogP contribution is 2.15. The predicted octanol–water partition coefficient (Wildman–Crippen LogP) is 3.12. The monoisotopic (exact) mass is 289 g/mol. The fourth-order valence-electron chi connectivity index (χ4n) is 1.60. The fraction of sp³-hybridized carbons (Fsp3) is 0.538. The molecule has 0 saturated carbocycles. The van der Waals surface area contributed by atoms with E-state index in [1.807, 2.05) is 37.3 Å². The molecule has 0 saturated heterocycles. The van der Waals surface area contributed by atoms with Gasteiger partial charge in [-0.05, 0) is 25.0 Å². The first kappa shape index (κ1) is 15.3. The summed E-state index contributed by atoms with van der Waals surface area (Å²) in [5.74, 6) is 0.213. The van der Waals surface area contributed by atoms with Crippen molar-refractivity contribution >= 4 is 27.1 Å². The average Bonchev–Trinajstić information content (AvgIpc) is 2.35. The minimum Gasteiger partial charge on any atom is -0.385 e. The van der Waals surface area contributed by atoms with Gasteiger partial charge in [0, 0.05) is 12.2 Å². The van der Waals surface area contributed by atoms with Crippen molar-refractivity contribution in [2.24, 2.45) is 5.92 Å². The summed E-state index contributed by atoms with van der Waals surface area (Å²) in [7, 11) is -3.19. The molecule has 0 aliphatic carbocycles. The van der Waals surface area contributed by atoms with Gasteiger partial charge in [0.2, 0.25) is 0 Å². The summed E-state index contributed by atoms with van der Waals surface area (Å²) in [5.41, 5.74) is 1.01. The van der Waals surface area contributed by atoms with Crippen LogP contribution >= 0.6 is 11.6 Å². The third-order valence-electron chi connectivity index (χ3n) is 2.91. The molecule has 1 aromatic carbocycles. The zero-order valence-electron chi connectivity index (χ0n) is 10.8. The molecule has 0 aliphatic heterocycles. The van der Waals surface area contributed by atoms with Crippen molar-refractivity contribution in [3.8, 4) is 0 Å². The number of anilines is 1. The van der Waals surface area contributed by atoms with Crippen LogP contribution in [0, 0.1) is 5.92 Å². The van der Waals surface area contributed by atoms with Gasteiger partial charge in [-0.3, -0.25) is 0 Å². The highest BCUT2D eigenvalue weighted by atomic mass is 35.5. The molecule has 1 rings (SSSR count). The van der Waals surface area contributed by atoms with Gasteiger partial charge in [-0.25, -0.2) is 8.42 Å². The van der Waals surface area contributed by atoms with Gasteiger partial charge < -0.3 is 5.32 Å². The van der Waals surface area contributed by atoms with Crippen molar-refractivity contribution < 1.29 is 8.42 Å². The van der Waals surface area contributed by atoms with Crippen LogP contribution in [0.25, 0.3) is 0 Å². The SMILES string of the molecule is CCC(CNc1ccccc1)CS(=O)(=O)C(C)Cl. The average molecular weight is 290 g/mol. The highest BCUT2D eigenvalue weighted by molar-refractivity contribution is 7.93. The second-order valence-corrected chi connectivity index (χ2v) is 7.67. The lowest BCUT2D eigenvalue weighted by Gasteiger charge is -2.17. The van der Waals surface area contributed by atoms with Crippen LogP contribution in [0.2, 0.25) is 0 Å². The Kier molecular flexibility index (Phi) is 5.96. The molecule has 102 valence electrons. The summed E-state index contributed by atoms with van der Waals surface area (Å²) in [5, 5.41) is 3.25. The molecule has 0 aromatic heterocycles. The molecule has 1 aromatic rings. The first-order chi connectivity index (χ1) is 8.45. The molecular formula is C13H20ClNO2S. The summed E-state index contributed by atoms with van der Waals surface area (Å²) in [4.78, 5) is 0. The maximum Gasteiger partial charge on any atom is 0.167 e. The molecule has 2 unspecified atom stereocenters. The van der Waals surface area contributed by atoms with E-state index in [0.29, 0.717) is 6.54 Å². The summed E-state index contributed by atoms with van der Waals surface area (Å²) in [6.45, 7) is 4.14. The Morgan fingerprint density at radius 2 is 1.89 bits per heavy atom. The molecular weight excluding hydrogens is 270 g/mol. The van der Waals surface area contributed by atoms with Gasteiger partial charge in [0.25, 0.3) is 0 Å². The van der Waals surface area contributed by atoms with Crippen molar-refractivity contribution in [3.05, 3.63) is 30.3 Å². The topological polar surface area (TPSA) is 46.2 Å². The van der Waals surface area contributed by atoms with Crippen LogP contribution in [0.4, 0.5) is 5.69 Å². The van der Waals surface area contributed by atoms with E-state index in [0.717, 1.165) is 12.1 Å². The molecule has 18 heavy (non-hydrogen) atoms. The molecule has 0 amide bonds. The highest BCUT2D eigenvalue weighted by Gasteiger charge is 2.22. The maximum absolute atomic E-state index is 11.8. The number of hydrogen-bond acceptors (Lipinski definition) is 3. The zero-order chi connectivity index (χ0) is 13.6. The van der Waals surface area contributed by atoms with E-state index in [4.69, 9.17) is 11.6 Å². The third kappa shape index (κ3) is 4.86. The number of halogens is 1. The number of hydrogen-bond donors (Lipinski definition) is 1. The van der Waals surface area contributed by atoms with E-state index in [1.165, 1.54) is 6.92 Å². The van der Waals surface area contributed by atoms with E-state index in [2.05, 4.69) is 5.32 Å². The van der Waals surface area contributed by atoms with Crippen LogP contribution in [0.15, 0.2) is 30.3 Å². The van der Waals surface area contributed by atoms with E-state index >= 15 is 0 Å². The zero-order valence-corrected chi connectivity index (χ0v) is 12.3. The standard InChI is InChI=1S/C13H20ClNO2S/c1-3-12(10-18(16,17)11(2)14)9-15-13-7-5-4-6-8-13/h4-8,11-12,15H,3,9-10H2,1-2H3. The second-order valence-electron chi connectivity index (χ2n) is 4.39. The van der Waals surface area contributed by atoms with Crippen molar-refractivity contribution in [2.45, 2.75) is 25.0 Å². The second kappa shape index (κ2) is 7.00. The molecule has 3 nitrogen and oxygen atoms in total. The lowest BCUT2D eigenvalue weighted by Crippen LogP contribution is -2.26. The van der Waals surface area contributed by atoms with Gasteiger partial charge >= 0.3 is 0 Å². The molecule has 5 heteroatoms. The Bertz CT molecular complexity index is 445. The Balaban J connectivity index is 2.53. The third-order valence-corrected chi connectivity index (χ3v) is 5.65. The van der Waals surface area contributed by atoms with Crippen molar-refractivity contribution in [1.29, 1.82) is 0 Å². The van der Waals surface area contributed by atoms with E-state index < -0.39 is 14.5 Å². The smallest absolute Gasteiger partial charge is 0.167 e. The van der Waals surface area contributed by atoms with Crippen LogP contribution in [0.3, 0.4) is 0 Å². The van der Waals surface area contributed by atoms with Gasteiger partial charge in [-0.2, -0.15) is 0 Å². The summed E-state index contributed by atoms with van der Waals surface area (Å²) in [6.07, 6.45) is 0.808. The van der Waals surface area contributed by atoms with Crippen LogP contribution in [0.5, 0.6) is 0 Å². The maximum atomic E-state index is 11.8. The fourth-order valence-corrected chi connectivity index (χ4v) is 3.09.